The third-order valence-corrected chi connectivity index (χ3v) is 6.35. The molecule has 3 heterocycles. The van der Waals surface area contributed by atoms with E-state index in [2.05, 4.69) is 34.2 Å². The van der Waals surface area contributed by atoms with E-state index in [-0.39, 0.29) is 11.9 Å². The average molecular weight is 446 g/mol. The SMILES string of the molecule is COc1cc(/C=C2\CCCN3C2=COCCC3c2ccc(F)cc2)ccc1-n1cnc(C)c1. The fourth-order valence-electron chi connectivity index (χ4n) is 4.74. The third kappa shape index (κ3) is 4.38. The lowest BCUT2D eigenvalue weighted by molar-refractivity contribution is 0.210. The van der Waals surface area contributed by atoms with Crippen LogP contribution < -0.4 is 4.74 Å². The number of aryl methyl sites for hydroxylation is 1. The molecule has 2 aliphatic rings. The Kier molecular flexibility index (Phi) is 5.90. The number of nitrogens with zero attached hydrogens (tertiary/aromatic N) is 3. The van der Waals surface area contributed by atoms with Gasteiger partial charge in [-0.1, -0.05) is 18.2 Å². The van der Waals surface area contributed by atoms with Crippen LogP contribution in [-0.2, 0) is 4.74 Å². The zero-order valence-electron chi connectivity index (χ0n) is 19.0. The van der Waals surface area contributed by atoms with Crippen molar-refractivity contribution in [3.8, 4) is 11.4 Å². The Morgan fingerprint density at radius 2 is 2.03 bits per heavy atom. The van der Waals surface area contributed by atoms with Crippen molar-refractivity contribution in [3.05, 3.63) is 95.2 Å². The van der Waals surface area contributed by atoms with Crippen LogP contribution in [0.5, 0.6) is 5.75 Å². The normalized spacial score (nSPS) is 19.5. The molecule has 170 valence electrons. The Bertz CT molecular complexity index is 1200. The molecule has 3 aromatic rings. The van der Waals surface area contributed by atoms with Gasteiger partial charge >= 0.3 is 0 Å². The molecule has 2 aromatic carbocycles. The van der Waals surface area contributed by atoms with Crippen molar-refractivity contribution < 1.29 is 13.9 Å². The smallest absolute Gasteiger partial charge is 0.143 e. The van der Waals surface area contributed by atoms with Gasteiger partial charge in [0.25, 0.3) is 0 Å². The van der Waals surface area contributed by atoms with Crippen molar-refractivity contribution >= 4 is 6.08 Å². The van der Waals surface area contributed by atoms with E-state index >= 15 is 0 Å². The van der Waals surface area contributed by atoms with Gasteiger partial charge in [0, 0.05) is 19.2 Å². The minimum atomic E-state index is -0.207. The number of aromatic nitrogens is 2. The molecule has 1 saturated heterocycles. The van der Waals surface area contributed by atoms with E-state index in [0.717, 1.165) is 59.8 Å². The summed E-state index contributed by atoms with van der Waals surface area (Å²) in [5, 5.41) is 0. The van der Waals surface area contributed by atoms with Crippen LogP contribution in [0.2, 0.25) is 0 Å². The molecule has 0 bridgehead atoms. The monoisotopic (exact) mass is 445 g/mol. The van der Waals surface area contributed by atoms with Gasteiger partial charge in [0.15, 0.2) is 0 Å². The standard InChI is InChI=1S/C27H28FN3O2/c1-19-16-30(18-29-19)25-10-5-20(15-27(25)32-2)14-22-4-3-12-31-24(11-13-33-17-26(22)31)21-6-8-23(28)9-7-21/h5-10,14-18,24H,3-4,11-13H2,1-2H3/b22-14+. The number of benzene rings is 2. The van der Waals surface area contributed by atoms with E-state index in [0.29, 0.717) is 6.61 Å². The number of allylic oxidation sites excluding steroid dienone is 1. The van der Waals surface area contributed by atoms with Gasteiger partial charge in [-0.3, -0.25) is 0 Å². The zero-order chi connectivity index (χ0) is 22.8. The fourth-order valence-corrected chi connectivity index (χ4v) is 4.74. The predicted octanol–water partition coefficient (Wildman–Crippen LogP) is 5.81. The van der Waals surface area contributed by atoms with Gasteiger partial charge < -0.3 is 18.9 Å². The summed E-state index contributed by atoms with van der Waals surface area (Å²) in [5.74, 6) is 0.589. The van der Waals surface area contributed by atoms with Crippen LogP contribution >= 0.6 is 0 Å². The van der Waals surface area contributed by atoms with Gasteiger partial charge in [0.1, 0.15) is 17.8 Å². The summed E-state index contributed by atoms with van der Waals surface area (Å²) >= 11 is 0. The molecule has 1 aromatic heterocycles. The topological polar surface area (TPSA) is 39.5 Å². The summed E-state index contributed by atoms with van der Waals surface area (Å²) in [6.45, 7) is 3.57. The molecular formula is C27H28FN3O2. The largest absolute Gasteiger partial charge is 0.499 e. The molecule has 2 aliphatic heterocycles. The highest BCUT2D eigenvalue weighted by Gasteiger charge is 2.29. The highest BCUT2D eigenvalue weighted by atomic mass is 19.1. The lowest BCUT2D eigenvalue weighted by atomic mass is 9.94. The Labute approximate surface area is 193 Å². The Hall–Kier alpha value is -3.54. The molecule has 0 radical (unpaired) electrons. The van der Waals surface area contributed by atoms with Crippen LogP contribution in [0.15, 0.2) is 72.5 Å². The summed E-state index contributed by atoms with van der Waals surface area (Å²) in [5.41, 5.74) is 6.47. The second-order valence-electron chi connectivity index (χ2n) is 8.55. The first-order valence-corrected chi connectivity index (χ1v) is 11.4. The van der Waals surface area contributed by atoms with Gasteiger partial charge in [-0.25, -0.2) is 9.37 Å². The first-order valence-electron chi connectivity index (χ1n) is 11.4. The van der Waals surface area contributed by atoms with Crippen molar-refractivity contribution in [2.75, 3.05) is 20.3 Å². The molecule has 0 spiro atoms. The first kappa shape index (κ1) is 21.3. The molecule has 5 rings (SSSR count). The molecule has 0 N–H and O–H groups in total. The van der Waals surface area contributed by atoms with E-state index in [1.807, 2.05) is 36.1 Å². The van der Waals surface area contributed by atoms with Gasteiger partial charge in [0.2, 0.25) is 0 Å². The molecule has 1 fully saturated rings. The number of ether oxygens (including phenoxy) is 2. The molecule has 0 amide bonds. The summed E-state index contributed by atoms with van der Waals surface area (Å²) in [4.78, 5) is 6.74. The molecule has 1 atom stereocenters. The van der Waals surface area contributed by atoms with E-state index in [9.17, 15) is 4.39 Å². The first-order chi connectivity index (χ1) is 16.1. The fraction of sp³-hybridized carbons (Fsp3) is 0.296. The highest BCUT2D eigenvalue weighted by molar-refractivity contribution is 5.63. The van der Waals surface area contributed by atoms with Crippen LogP contribution in [0.25, 0.3) is 11.8 Å². The maximum Gasteiger partial charge on any atom is 0.143 e. The second kappa shape index (κ2) is 9.14. The maximum atomic E-state index is 13.5. The minimum Gasteiger partial charge on any atom is -0.499 e. The Morgan fingerprint density at radius 1 is 1.18 bits per heavy atom. The van der Waals surface area contributed by atoms with E-state index in [1.165, 1.54) is 5.57 Å². The molecule has 0 saturated carbocycles. The average Bonchev–Trinajstić information content (AvgIpc) is 3.14. The van der Waals surface area contributed by atoms with E-state index in [4.69, 9.17) is 9.47 Å². The van der Waals surface area contributed by atoms with Gasteiger partial charge in [-0.15, -0.1) is 0 Å². The Balaban J connectivity index is 1.47. The molecular weight excluding hydrogens is 417 g/mol. The second-order valence-corrected chi connectivity index (χ2v) is 8.55. The number of piperidine rings is 1. The number of imidazole rings is 1. The number of hydrogen-bond donors (Lipinski definition) is 0. The summed E-state index contributed by atoms with van der Waals surface area (Å²) in [7, 11) is 1.69. The zero-order valence-corrected chi connectivity index (χ0v) is 19.0. The number of methoxy groups -OCH3 is 1. The molecule has 0 aliphatic carbocycles. The molecule has 33 heavy (non-hydrogen) atoms. The summed E-state index contributed by atoms with van der Waals surface area (Å²) in [6.07, 6.45) is 10.8. The molecule has 5 nitrogen and oxygen atoms in total. The highest BCUT2D eigenvalue weighted by Crippen LogP contribution is 2.39. The van der Waals surface area contributed by atoms with Gasteiger partial charge in [-0.05, 0) is 66.8 Å². The van der Waals surface area contributed by atoms with Crippen LogP contribution in [0.1, 0.15) is 42.1 Å². The maximum absolute atomic E-state index is 13.5. The van der Waals surface area contributed by atoms with Gasteiger partial charge in [-0.2, -0.15) is 0 Å². The van der Waals surface area contributed by atoms with E-state index in [1.54, 1.807) is 25.6 Å². The Morgan fingerprint density at radius 3 is 2.79 bits per heavy atom. The van der Waals surface area contributed by atoms with E-state index < -0.39 is 0 Å². The number of fused-ring (bicyclic) bond motifs is 1. The predicted molar refractivity (Wildman–Crippen MR) is 127 cm³/mol. The van der Waals surface area contributed by atoms with Crippen molar-refractivity contribution in [1.82, 2.24) is 14.5 Å². The number of hydrogen-bond acceptors (Lipinski definition) is 4. The van der Waals surface area contributed by atoms with Crippen LogP contribution in [-0.4, -0.2) is 34.7 Å². The van der Waals surface area contributed by atoms with Crippen LogP contribution in [0.3, 0.4) is 0 Å². The lowest BCUT2D eigenvalue weighted by Crippen LogP contribution is -2.32. The number of halogens is 1. The van der Waals surface area contributed by atoms with Gasteiger partial charge in [0.05, 0.1) is 43.2 Å². The van der Waals surface area contributed by atoms with Crippen molar-refractivity contribution in [3.63, 3.8) is 0 Å². The molecule has 6 heteroatoms. The van der Waals surface area contributed by atoms with Crippen molar-refractivity contribution in [2.45, 2.75) is 32.2 Å². The minimum absolute atomic E-state index is 0.171. The summed E-state index contributed by atoms with van der Waals surface area (Å²) in [6, 6.07) is 13.3. The number of rotatable bonds is 4. The third-order valence-electron chi connectivity index (χ3n) is 6.35. The van der Waals surface area contributed by atoms with Crippen LogP contribution in [0, 0.1) is 12.7 Å². The van der Waals surface area contributed by atoms with Crippen LogP contribution in [0.4, 0.5) is 4.39 Å². The quantitative estimate of drug-likeness (QED) is 0.508. The lowest BCUT2D eigenvalue weighted by Gasteiger charge is -2.38. The summed E-state index contributed by atoms with van der Waals surface area (Å²) < 4.78 is 27.0. The molecule has 1 unspecified atom stereocenters. The van der Waals surface area contributed by atoms with Crippen molar-refractivity contribution in [2.24, 2.45) is 0 Å². The van der Waals surface area contributed by atoms with Crippen molar-refractivity contribution in [1.29, 1.82) is 0 Å².